The minimum atomic E-state index is -5.52. The lowest BCUT2D eigenvalue weighted by atomic mass is 10.1. The van der Waals surface area contributed by atoms with E-state index < -0.39 is 24.2 Å². The summed E-state index contributed by atoms with van der Waals surface area (Å²) in [5.74, 6) is -5.51. The third-order valence-electron chi connectivity index (χ3n) is 1.97. The molecular weight excluding hydrogens is 268 g/mol. The van der Waals surface area contributed by atoms with Crippen molar-refractivity contribution in [1.82, 2.24) is 15.5 Å². The van der Waals surface area contributed by atoms with Crippen LogP contribution in [-0.4, -0.2) is 36.1 Å². The molecule has 0 atom stereocenters. The molecular formula is C8H9F6N3O. The molecule has 18 heavy (non-hydrogen) atoms. The maximum Gasteiger partial charge on any atom is 0.409 e. The van der Waals surface area contributed by atoms with Crippen LogP contribution in [0.5, 0.6) is 0 Å². The van der Waals surface area contributed by atoms with E-state index in [0.29, 0.717) is 6.54 Å². The highest BCUT2D eigenvalue weighted by molar-refractivity contribution is 5.00. The Bertz CT molecular complexity index is 371. The molecule has 4 nitrogen and oxygen atoms in total. The highest BCUT2D eigenvalue weighted by Gasteiger charge is 2.60. The summed E-state index contributed by atoms with van der Waals surface area (Å²) < 4.78 is 78.2. The van der Waals surface area contributed by atoms with Gasteiger partial charge in [0, 0.05) is 13.0 Å². The van der Waals surface area contributed by atoms with E-state index in [1.54, 1.807) is 7.05 Å². The number of alkyl halides is 6. The van der Waals surface area contributed by atoms with Crippen molar-refractivity contribution in [1.29, 1.82) is 0 Å². The number of hydrogen-bond acceptors (Lipinski definition) is 4. The van der Waals surface area contributed by atoms with Crippen LogP contribution in [0.1, 0.15) is 17.7 Å². The van der Waals surface area contributed by atoms with Crippen molar-refractivity contribution in [3.8, 4) is 0 Å². The summed E-state index contributed by atoms with van der Waals surface area (Å²) in [5, 5.41) is 8.61. The van der Waals surface area contributed by atoms with Crippen LogP contribution in [0.3, 0.4) is 0 Å². The Labute approximate surface area is 97.4 Å². The van der Waals surface area contributed by atoms with E-state index in [9.17, 15) is 26.3 Å². The Morgan fingerprint density at radius 2 is 1.67 bits per heavy atom. The van der Waals surface area contributed by atoms with Crippen LogP contribution in [0.2, 0.25) is 0 Å². The SMILES string of the molecule is CNCCc1nnc(C(C(F)(F)F)C(F)(F)F)o1. The molecule has 1 N–H and O–H groups in total. The lowest BCUT2D eigenvalue weighted by Gasteiger charge is -2.19. The fourth-order valence-electron chi connectivity index (χ4n) is 1.18. The quantitative estimate of drug-likeness (QED) is 0.856. The molecule has 0 saturated heterocycles. The van der Waals surface area contributed by atoms with Gasteiger partial charge in [-0.3, -0.25) is 0 Å². The molecule has 1 rings (SSSR count). The van der Waals surface area contributed by atoms with E-state index in [-0.39, 0.29) is 12.3 Å². The zero-order chi connectivity index (χ0) is 14.0. The Morgan fingerprint density at radius 3 is 2.11 bits per heavy atom. The van der Waals surface area contributed by atoms with Gasteiger partial charge in [0.15, 0.2) is 0 Å². The molecule has 0 unspecified atom stereocenters. The van der Waals surface area contributed by atoms with E-state index in [0.717, 1.165) is 0 Å². The lowest BCUT2D eigenvalue weighted by molar-refractivity contribution is -0.258. The third-order valence-corrected chi connectivity index (χ3v) is 1.97. The molecule has 0 aliphatic carbocycles. The maximum absolute atomic E-state index is 12.3. The van der Waals surface area contributed by atoms with Crippen molar-refractivity contribution in [2.24, 2.45) is 0 Å². The molecule has 104 valence electrons. The van der Waals surface area contributed by atoms with Crippen molar-refractivity contribution in [2.75, 3.05) is 13.6 Å². The second kappa shape index (κ2) is 5.12. The predicted octanol–water partition coefficient (Wildman–Crippen LogP) is 2.04. The predicted molar refractivity (Wildman–Crippen MR) is 46.8 cm³/mol. The molecule has 0 aliphatic rings. The largest absolute Gasteiger partial charge is 0.424 e. The van der Waals surface area contributed by atoms with E-state index in [1.165, 1.54) is 0 Å². The third kappa shape index (κ3) is 3.59. The molecule has 1 aromatic heterocycles. The summed E-state index contributed by atoms with van der Waals surface area (Å²) in [5.41, 5.74) is 0. The van der Waals surface area contributed by atoms with Gasteiger partial charge in [0.1, 0.15) is 0 Å². The normalized spacial score (nSPS) is 13.3. The van der Waals surface area contributed by atoms with E-state index in [4.69, 9.17) is 0 Å². The first-order chi connectivity index (χ1) is 8.16. The van der Waals surface area contributed by atoms with E-state index >= 15 is 0 Å². The van der Waals surface area contributed by atoms with Gasteiger partial charge in [0.05, 0.1) is 0 Å². The van der Waals surface area contributed by atoms with Gasteiger partial charge in [-0.25, -0.2) is 0 Å². The van der Waals surface area contributed by atoms with Gasteiger partial charge in [-0.15, -0.1) is 10.2 Å². The first-order valence-corrected chi connectivity index (χ1v) is 4.76. The minimum Gasteiger partial charge on any atom is -0.424 e. The van der Waals surface area contributed by atoms with Crippen LogP contribution >= 0.6 is 0 Å². The van der Waals surface area contributed by atoms with Gasteiger partial charge < -0.3 is 9.73 Å². The van der Waals surface area contributed by atoms with E-state index in [1.807, 2.05) is 0 Å². The van der Waals surface area contributed by atoms with Crippen molar-refractivity contribution in [3.05, 3.63) is 11.8 Å². The molecule has 1 heterocycles. The second-order valence-corrected chi connectivity index (χ2v) is 3.40. The number of rotatable bonds is 4. The molecule has 10 heteroatoms. The van der Waals surface area contributed by atoms with Gasteiger partial charge in [0.2, 0.25) is 17.7 Å². The van der Waals surface area contributed by atoms with Crippen LogP contribution in [-0.2, 0) is 6.42 Å². The van der Waals surface area contributed by atoms with Crippen LogP contribution < -0.4 is 5.32 Å². The number of halogens is 6. The molecule has 0 saturated carbocycles. The summed E-state index contributed by atoms with van der Waals surface area (Å²) in [6, 6.07) is 0. The van der Waals surface area contributed by atoms with Gasteiger partial charge in [0.25, 0.3) is 0 Å². The summed E-state index contributed by atoms with van der Waals surface area (Å²) >= 11 is 0. The minimum absolute atomic E-state index is 0.0476. The Morgan fingerprint density at radius 1 is 1.11 bits per heavy atom. The first kappa shape index (κ1) is 14.7. The highest BCUT2D eigenvalue weighted by Crippen LogP contribution is 2.45. The van der Waals surface area contributed by atoms with Crippen molar-refractivity contribution in [2.45, 2.75) is 24.7 Å². The summed E-state index contributed by atoms with van der Waals surface area (Å²) in [7, 11) is 1.56. The Hall–Kier alpha value is -1.32. The Kier molecular flexibility index (Phi) is 4.20. The topological polar surface area (TPSA) is 51.0 Å². The number of nitrogens with zero attached hydrogens (tertiary/aromatic N) is 2. The molecule has 0 radical (unpaired) electrons. The zero-order valence-corrected chi connectivity index (χ0v) is 9.06. The first-order valence-electron chi connectivity index (χ1n) is 4.76. The van der Waals surface area contributed by atoms with Crippen molar-refractivity contribution >= 4 is 0 Å². The van der Waals surface area contributed by atoms with Crippen LogP contribution in [0.4, 0.5) is 26.3 Å². The Balaban J connectivity index is 2.97. The van der Waals surface area contributed by atoms with Crippen LogP contribution in [0, 0.1) is 0 Å². The fourth-order valence-corrected chi connectivity index (χ4v) is 1.18. The maximum atomic E-state index is 12.3. The molecule has 0 aromatic carbocycles. The fraction of sp³-hybridized carbons (Fsp3) is 0.750. The summed E-state index contributed by atoms with van der Waals surface area (Å²) in [4.78, 5) is 0. The number of aromatic nitrogens is 2. The lowest BCUT2D eigenvalue weighted by Crippen LogP contribution is -2.34. The summed E-state index contributed by atoms with van der Waals surface area (Å²) in [6.45, 7) is 0.296. The van der Waals surface area contributed by atoms with Crippen LogP contribution in [0.15, 0.2) is 4.42 Å². The smallest absolute Gasteiger partial charge is 0.409 e. The number of likely N-dealkylation sites (N-methyl/N-ethyl adjacent to an activating group) is 1. The molecule has 0 spiro atoms. The van der Waals surface area contributed by atoms with Crippen molar-refractivity contribution in [3.63, 3.8) is 0 Å². The summed E-state index contributed by atoms with van der Waals surface area (Å²) in [6.07, 6.45) is -11.0. The monoisotopic (exact) mass is 277 g/mol. The van der Waals surface area contributed by atoms with E-state index in [2.05, 4.69) is 19.9 Å². The molecule has 0 aliphatic heterocycles. The highest BCUT2D eigenvalue weighted by atomic mass is 19.4. The standard InChI is InChI=1S/C8H9F6N3O/c1-15-3-2-4-16-17-6(18-4)5(7(9,10)11)8(12,13)14/h5,15H,2-3H2,1H3. The second-order valence-electron chi connectivity index (χ2n) is 3.40. The van der Waals surface area contributed by atoms with Crippen LogP contribution in [0.25, 0.3) is 0 Å². The van der Waals surface area contributed by atoms with Gasteiger partial charge >= 0.3 is 12.4 Å². The molecule has 0 fully saturated rings. The van der Waals surface area contributed by atoms with Gasteiger partial charge in [-0.2, -0.15) is 26.3 Å². The number of nitrogens with one attached hydrogen (secondary N) is 1. The van der Waals surface area contributed by atoms with Gasteiger partial charge in [-0.1, -0.05) is 0 Å². The average molecular weight is 277 g/mol. The molecule has 0 amide bonds. The number of hydrogen-bond donors (Lipinski definition) is 1. The van der Waals surface area contributed by atoms with Crippen molar-refractivity contribution < 1.29 is 30.8 Å². The zero-order valence-electron chi connectivity index (χ0n) is 9.06. The van der Waals surface area contributed by atoms with Gasteiger partial charge in [-0.05, 0) is 7.05 Å². The average Bonchev–Trinajstić information content (AvgIpc) is 2.58. The molecule has 1 aromatic rings. The molecule has 0 bridgehead atoms.